The predicted octanol–water partition coefficient (Wildman–Crippen LogP) is 6.05. The molecule has 0 radical (unpaired) electrons. The number of aliphatic hydroxyl groups is 1. The van der Waals surface area contributed by atoms with Gasteiger partial charge < -0.3 is 14.6 Å². The second-order valence-corrected chi connectivity index (χ2v) is 10.4. The summed E-state index contributed by atoms with van der Waals surface area (Å²) < 4.78 is 39.5. The van der Waals surface area contributed by atoms with E-state index in [0.717, 1.165) is 22.8 Å². The van der Waals surface area contributed by atoms with Crippen LogP contribution >= 0.6 is 0 Å². The van der Waals surface area contributed by atoms with Gasteiger partial charge in [-0.1, -0.05) is 60.7 Å². The van der Waals surface area contributed by atoms with Gasteiger partial charge in [-0.3, -0.25) is 10.2 Å². The molecule has 4 aromatic rings. The zero-order valence-corrected chi connectivity index (χ0v) is 24.0. The third-order valence-corrected chi connectivity index (χ3v) is 7.22. The average molecular weight is 598 g/mol. The summed E-state index contributed by atoms with van der Waals surface area (Å²) in [6.45, 7) is 4.29. The maximum atomic E-state index is 13.9. The lowest BCUT2D eigenvalue weighted by molar-refractivity contribution is -0.129. The Labute approximate surface area is 254 Å². The van der Waals surface area contributed by atoms with Crippen LogP contribution in [0.4, 0.5) is 8.78 Å². The lowest BCUT2D eigenvalue weighted by atomic mass is 9.84. The minimum Gasteiger partial charge on any atom is -0.494 e. The van der Waals surface area contributed by atoms with E-state index in [2.05, 4.69) is 17.4 Å². The molecule has 9 heteroatoms. The van der Waals surface area contributed by atoms with Gasteiger partial charge in [0.2, 0.25) is 5.90 Å². The number of aliphatic hydroxyl groups excluding tert-OH is 1. The molecular weight excluding hydrogens is 564 g/mol. The number of ether oxygens (including phenoxy) is 2. The van der Waals surface area contributed by atoms with Crippen molar-refractivity contribution in [3.63, 3.8) is 0 Å². The van der Waals surface area contributed by atoms with Crippen LogP contribution in [0, 0.1) is 11.6 Å². The quantitative estimate of drug-likeness (QED) is 0.0992. The molecule has 0 saturated heterocycles. The van der Waals surface area contributed by atoms with E-state index in [0.29, 0.717) is 29.9 Å². The number of halogens is 2. The summed E-state index contributed by atoms with van der Waals surface area (Å²) in [4.78, 5) is 18.8. The molecule has 1 amide bonds. The van der Waals surface area contributed by atoms with Crippen molar-refractivity contribution in [1.82, 2.24) is 10.9 Å². The highest BCUT2D eigenvalue weighted by molar-refractivity contribution is 6.01. The first-order chi connectivity index (χ1) is 21.4. The Kier molecular flexibility index (Phi) is 9.79. The van der Waals surface area contributed by atoms with E-state index in [1.807, 2.05) is 54.6 Å². The fraction of sp³-hybridized carbons (Fsp3) is 0.200. The Balaban J connectivity index is 1.44. The third kappa shape index (κ3) is 7.02. The van der Waals surface area contributed by atoms with Crippen molar-refractivity contribution in [3.05, 3.63) is 138 Å². The van der Waals surface area contributed by atoms with E-state index in [9.17, 15) is 13.6 Å². The van der Waals surface area contributed by atoms with Crippen LogP contribution in [0.2, 0.25) is 0 Å². The van der Waals surface area contributed by atoms with Crippen LogP contribution in [0.15, 0.2) is 115 Å². The minimum atomic E-state index is -1.44. The van der Waals surface area contributed by atoms with Gasteiger partial charge in [0.05, 0.1) is 6.61 Å². The molecule has 0 unspecified atom stereocenters. The van der Waals surface area contributed by atoms with Gasteiger partial charge in [0.1, 0.15) is 17.4 Å². The lowest BCUT2D eigenvalue weighted by Crippen LogP contribution is -2.52. The topological polar surface area (TPSA) is 92.2 Å². The number of nitrogens with zero attached hydrogens (tertiary/aromatic N) is 1. The molecule has 0 saturated carbocycles. The van der Waals surface area contributed by atoms with Crippen LogP contribution in [0.1, 0.15) is 35.6 Å². The molecule has 5 rings (SSSR count). The first-order valence-corrected chi connectivity index (χ1v) is 14.3. The molecule has 1 aliphatic rings. The highest BCUT2D eigenvalue weighted by Gasteiger charge is 2.52. The predicted molar refractivity (Wildman–Crippen MR) is 165 cm³/mol. The number of rotatable bonds is 13. The van der Waals surface area contributed by atoms with Crippen LogP contribution in [0.5, 0.6) is 5.75 Å². The number of hydrazine groups is 1. The highest BCUT2D eigenvalue weighted by Crippen LogP contribution is 2.43. The number of aliphatic imine (C=N–C) groups is 1. The van der Waals surface area contributed by atoms with Gasteiger partial charge in [0, 0.05) is 37.6 Å². The smallest absolute Gasteiger partial charge is 0.266 e. The molecule has 4 aromatic carbocycles. The van der Waals surface area contributed by atoms with Crippen molar-refractivity contribution in [2.24, 2.45) is 4.99 Å². The fourth-order valence-electron chi connectivity index (χ4n) is 5.06. The fourth-order valence-corrected chi connectivity index (χ4v) is 5.06. The van der Waals surface area contributed by atoms with E-state index in [4.69, 9.17) is 19.6 Å². The first-order valence-electron chi connectivity index (χ1n) is 14.3. The SMILES string of the molecule is C=CC[C@]1(C(=O)NNCc2cc(F)cc(F)c2)N=C(c2ccc(OCCCO)cc2)O[C@H]1c1ccc(-c2ccccc2)cc1. The zero-order chi connectivity index (χ0) is 30.9. The summed E-state index contributed by atoms with van der Waals surface area (Å²) >= 11 is 0. The highest BCUT2D eigenvalue weighted by atomic mass is 19.1. The van der Waals surface area contributed by atoms with Crippen LogP contribution < -0.4 is 15.6 Å². The summed E-state index contributed by atoms with van der Waals surface area (Å²) in [6, 6.07) is 28.0. The van der Waals surface area contributed by atoms with Crippen LogP contribution in [-0.4, -0.2) is 35.7 Å². The second kappa shape index (κ2) is 14.1. The van der Waals surface area contributed by atoms with Gasteiger partial charge in [-0.25, -0.2) is 19.2 Å². The molecule has 0 fully saturated rings. The molecule has 226 valence electrons. The Hall–Kier alpha value is -4.86. The standard InChI is InChI=1S/C35H33F2N3O4/c1-2-17-35(34(42)40-38-23-24-20-29(36)22-30(37)21-24)32(27-11-9-26(10-12-27)25-7-4-3-5-8-25)44-33(39-35)28-13-15-31(16-14-28)43-19-6-18-41/h2-5,7-16,20-22,32,38,41H,1,6,17-19,23H2,(H,40,42)/t32-,35-/m0/s1. The third-order valence-electron chi connectivity index (χ3n) is 7.22. The molecule has 3 N–H and O–H groups in total. The van der Waals surface area contributed by atoms with E-state index in [-0.39, 0.29) is 25.5 Å². The number of nitrogens with one attached hydrogen (secondary N) is 2. The van der Waals surface area contributed by atoms with Crippen molar-refractivity contribution in [2.45, 2.75) is 31.0 Å². The van der Waals surface area contributed by atoms with E-state index >= 15 is 0 Å². The molecule has 0 bridgehead atoms. The van der Waals surface area contributed by atoms with Gasteiger partial charge in [0.25, 0.3) is 5.91 Å². The molecule has 7 nitrogen and oxygen atoms in total. The normalized spacial score (nSPS) is 17.4. The largest absolute Gasteiger partial charge is 0.494 e. The van der Waals surface area contributed by atoms with Crippen LogP contribution in [0.25, 0.3) is 11.1 Å². The molecule has 2 atom stereocenters. The van der Waals surface area contributed by atoms with Crippen molar-refractivity contribution in [3.8, 4) is 16.9 Å². The maximum Gasteiger partial charge on any atom is 0.266 e. The summed E-state index contributed by atoms with van der Waals surface area (Å²) in [6.07, 6.45) is 1.46. The maximum absolute atomic E-state index is 13.9. The first kappa shape index (κ1) is 30.6. The molecule has 0 aliphatic carbocycles. The Bertz CT molecular complexity index is 1590. The Morgan fingerprint density at radius 1 is 0.955 bits per heavy atom. The summed E-state index contributed by atoms with van der Waals surface area (Å²) in [5, 5.41) is 9.01. The van der Waals surface area contributed by atoms with Gasteiger partial charge in [-0.05, 0) is 58.7 Å². The number of hydrogen-bond donors (Lipinski definition) is 3. The van der Waals surface area contributed by atoms with Crippen molar-refractivity contribution >= 4 is 11.8 Å². The lowest BCUT2D eigenvalue weighted by Gasteiger charge is -2.29. The van der Waals surface area contributed by atoms with Gasteiger partial charge in [-0.15, -0.1) is 6.58 Å². The molecule has 44 heavy (non-hydrogen) atoms. The number of amides is 1. The van der Waals surface area contributed by atoms with Crippen molar-refractivity contribution < 1.29 is 28.2 Å². The Morgan fingerprint density at radius 2 is 1.61 bits per heavy atom. The molecule has 1 heterocycles. The monoisotopic (exact) mass is 597 g/mol. The van der Waals surface area contributed by atoms with E-state index in [1.165, 1.54) is 12.1 Å². The molecule has 1 aliphatic heterocycles. The van der Waals surface area contributed by atoms with Crippen molar-refractivity contribution in [1.29, 1.82) is 0 Å². The zero-order valence-electron chi connectivity index (χ0n) is 24.0. The van der Waals surface area contributed by atoms with Crippen molar-refractivity contribution in [2.75, 3.05) is 13.2 Å². The van der Waals surface area contributed by atoms with E-state index < -0.39 is 29.2 Å². The average Bonchev–Trinajstić information content (AvgIpc) is 3.42. The van der Waals surface area contributed by atoms with Crippen LogP contribution in [-0.2, 0) is 16.1 Å². The molecule has 0 aromatic heterocycles. The second-order valence-electron chi connectivity index (χ2n) is 10.4. The van der Waals surface area contributed by atoms with E-state index in [1.54, 1.807) is 30.3 Å². The van der Waals surface area contributed by atoms with Gasteiger partial charge in [0.15, 0.2) is 11.6 Å². The Morgan fingerprint density at radius 3 is 2.27 bits per heavy atom. The number of carbonyl (C=O) groups is 1. The van der Waals surface area contributed by atoms with Crippen LogP contribution in [0.3, 0.4) is 0 Å². The minimum absolute atomic E-state index is 0.0177. The van der Waals surface area contributed by atoms with Gasteiger partial charge >= 0.3 is 0 Å². The summed E-state index contributed by atoms with van der Waals surface area (Å²) in [5.41, 5.74) is 7.77. The number of carbonyl (C=O) groups excluding carboxylic acids is 1. The number of benzene rings is 4. The van der Waals surface area contributed by atoms with Gasteiger partial charge in [-0.2, -0.15) is 0 Å². The molecular formula is C35H33F2N3O4. The number of hydrogen-bond acceptors (Lipinski definition) is 6. The molecule has 0 spiro atoms. The summed E-state index contributed by atoms with van der Waals surface area (Å²) in [7, 11) is 0. The summed E-state index contributed by atoms with van der Waals surface area (Å²) in [5.74, 6) is -1.02.